The Morgan fingerprint density at radius 1 is 0.974 bits per heavy atom. The van der Waals surface area contributed by atoms with Crippen LogP contribution in [0, 0.1) is 27.7 Å². The van der Waals surface area contributed by atoms with Crippen molar-refractivity contribution in [1.82, 2.24) is 15.0 Å². The predicted octanol–water partition coefficient (Wildman–Crippen LogP) is 8.00. The zero-order chi connectivity index (χ0) is 27.5. The van der Waals surface area contributed by atoms with Crippen LogP contribution in [0.4, 0.5) is 10.8 Å². The van der Waals surface area contributed by atoms with Crippen LogP contribution in [-0.2, 0) is 0 Å². The number of carbonyl (C=O) groups excluding carboxylic acids is 1. The minimum atomic E-state index is -0.274. The minimum absolute atomic E-state index is 0.274. The van der Waals surface area contributed by atoms with E-state index in [0.717, 1.165) is 44.7 Å². The van der Waals surface area contributed by atoms with E-state index in [2.05, 4.69) is 77.4 Å². The molecular formula is C31H28ClN5OS. The molecule has 0 bridgehead atoms. The molecule has 8 heteroatoms. The molecule has 2 heterocycles. The number of rotatable bonds is 7. The fourth-order valence-corrected chi connectivity index (χ4v) is 5.35. The van der Waals surface area contributed by atoms with Crippen LogP contribution >= 0.6 is 22.9 Å². The molecule has 2 N–H and O–H groups in total. The van der Waals surface area contributed by atoms with E-state index in [9.17, 15) is 4.79 Å². The normalized spacial score (nSPS) is 11.2. The first kappa shape index (κ1) is 26.4. The highest BCUT2D eigenvalue weighted by molar-refractivity contribution is 7.14. The molecule has 5 rings (SSSR count). The van der Waals surface area contributed by atoms with Crippen molar-refractivity contribution in [3.05, 3.63) is 117 Å². The number of hydrogen-bond donors (Lipinski definition) is 2. The second kappa shape index (κ2) is 11.3. The summed E-state index contributed by atoms with van der Waals surface area (Å²) < 4.78 is 2.21. The summed E-state index contributed by atoms with van der Waals surface area (Å²) in [6, 6.07) is 23.3. The van der Waals surface area contributed by atoms with Gasteiger partial charge < -0.3 is 9.88 Å². The molecule has 3 aromatic carbocycles. The lowest BCUT2D eigenvalue weighted by molar-refractivity contribution is 0.0955. The molecule has 39 heavy (non-hydrogen) atoms. The van der Waals surface area contributed by atoms with Crippen LogP contribution < -0.4 is 10.7 Å². The van der Waals surface area contributed by atoms with Gasteiger partial charge in [-0.1, -0.05) is 41.4 Å². The molecule has 196 valence electrons. The van der Waals surface area contributed by atoms with E-state index < -0.39 is 0 Å². The smallest absolute Gasteiger partial charge is 0.271 e. The van der Waals surface area contributed by atoms with Crippen LogP contribution in [0.3, 0.4) is 0 Å². The molecule has 0 saturated carbocycles. The summed E-state index contributed by atoms with van der Waals surface area (Å²) in [5, 5.41) is 10.9. The van der Waals surface area contributed by atoms with E-state index in [4.69, 9.17) is 11.6 Å². The summed E-state index contributed by atoms with van der Waals surface area (Å²) in [5.74, 6) is -0.274. The van der Waals surface area contributed by atoms with Crippen molar-refractivity contribution in [3.8, 4) is 16.9 Å². The maximum Gasteiger partial charge on any atom is 0.271 e. The monoisotopic (exact) mass is 553 g/mol. The largest absolute Gasteiger partial charge is 0.332 e. The van der Waals surface area contributed by atoms with E-state index >= 15 is 0 Å². The number of aromatic nitrogens is 2. The molecule has 0 saturated heterocycles. The van der Waals surface area contributed by atoms with Crippen molar-refractivity contribution >= 4 is 45.9 Å². The standard InChI is InChI=1S/C31H28ClN5OS/c1-19-5-14-29(20(2)15-19)37-21(3)16-25(22(37)4)17-33-36-30(38)24-8-6-23(7-9-24)28-18-39-31(35-28)34-27-12-10-26(32)11-13-27/h5-18H,1-4H3,(H,34,35)(H,36,38)/b33-17-. The first-order valence-electron chi connectivity index (χ1n) is 12.5. The number of hydrazone groups is 1. The van der Waals surface area contributed by atoms with Crippen molar-refractivity contribution in [2.24, 2.45) is 5.10 Å². The molecule has 1 amide bonds. The molecule has 0 aliphatic heterocycles. The van der Waals surface area contributed by atoms with Gasteiger partial charge in [0, 0.05) is 49.9 Å². The van der Waals surface area contributed by atoms with E-state index in [0.29, 0.717) is 10.6 Å². The Morgan fingerprint density at radius 3 is 2.44 bits per heavy atom. The molecule has 2 aromatic heterocycles. The highest BCUT2D eigenvalue weighted by atomic mass is 35.5. The molecule has 0 unspecified atom stereocenters. The zero-order valence-corrected chi connectivity index (χ0v) is 23.7. The summed E-state index contributed by atoms with van der Waals surface area (Å²) >= 11 is 7.47. The van der Waals surface area contributed by atoms with Gasteiger partial charge in [0.25, 0.3) is 5.91 Å². The number of nitrogens with one attached hydrogen (secondary N) is 2. The lowest BCUT2D eigenvalue weighted by Gasteiger charge is -2.13. The van der Waals surface area contributed by atoms with Gasteiger partial charge in [-0.3, -0.25) is 4.79 Å². The van der Waals surface area contributed by atoms with Gasteiger partial charge in [-0.2, -0.15) is 5.10 Å². The topological polar surface area (TPSA) is 71.3 Å². The van der Waals surface area contributed by atoms with E-state index in [1.54, 1.807) is 18.3 Å². The lowest BCUT2D eigenvalue weighted by atomic mass is 10.1. The number of nitrogens with zero attached hydrogens (tertiary/aromatic N) is 3. The number of thiazole rings is 1. The Hall–Kier alpha value is -4.20. The average molecular weight is 554 g/mol. The number of amides is 1. The van der Waals surface area contributed by atoms with E-state index in [1.165, 1.54) is 22.5 Å². The number of benzene rings is 3. The average Bonchev–Trinajstić information content (AvgIpc) is 3.49. The summed E-state index contributed by atoms with van der Waals surface area (Å²) in [6.07, 6.45) is 1.69. The van der Waals surface area contributed by atoms with Crippen LogP contribution in [0.2, 0.25) is 5.02 Å². The summed E-state index contributed by atoms with van der Waals surface area (Å²) in [4.78, 5) is 17.4. The molecule has 0 atom stereocenters. The van der Waals surface area contributed by atoms with Gasteiger partial charge in [-0.15, -0.1) is 11.3 Å². The van der Waals surface area contributed by atoms with Gasteiger partial charge in [0.05, 0.1) is 11.9 Å². The first-order valence-corrected chi connectivity index (χ1v) is 13.7. The SMILES string of the molecule is Cc1ccc(-n2c(C)cc(/C=N\NC(=O)c3ccc(-c4csc(Nc5ccc(Cl)cc5)n4)cc3)c2C)c(C)c1. The number of anilines is 2. The van der Waals surface area contributed by atoms with Gasteiger partial charge in [-0.05, 0) is 81.8 Å². The highest BCUT2D eigenvalue weighted by Gasteiger charge is 2.12. The summed E-state index contributed by atoms with van der Waals surface area (Å²) in [6.45, 7) is 8.34. The van der Waals surface area contributed by atoms with Gasteiger partial charge in [0.2, 0.25) is 0 Å². The Balaban J connectivity index is 1.23. The molecule has 0 aliphatic rings. The van der Waals surface area contributed by atoms with Crippen molar-refractivity contribution < 1.29 is 4.79 Å². The maximum absolute atomic E-state index is 12.7. The maximum atomic E-state index is 12.7. The van der Waals surface area contributed by atoms with Crippen LogP contribution in [0.5, 0.6) is 0 Å². The Kier molecular flexibility index (Phi) is 7.63. The lowest BCUT2D eigenvalue weighted by Crippen LogP contribution is -2.17. The Bertz CT molecular complexity index is 1670. The summed E-state index contributed by atoms with van der Waals surface area (Å²) in [7, 11) is 0. The molecule has 0 fully saturated rings. The zero-order valence-electron chi connectivity index (χ0n) is 22.1. The molecule has 0 radical (unpaired) electrons. The van der Waals surface area contributed by atoms with Gasteiger partial charge >= 0.3 is 0 Å². The third-order valence-electron chi connectivity index (χ3n) is 6.48. The second-order valence-electron chi connectivity index (χ2n) is 9.40. The van der Waals surface area contributed by atoms with Crippen LogP contribution in [-0.4, -0.2) is 21.7 Å². The van der Waals surface area contributed by atoms with Crippen LogP contribution in [0.25, 0.3) is 16.9 Å². The Morgan fingerprint density at radius 2 is 1.72 bits per heavy atom. The van der Waals surface area contributed by atoms with Crippen molar-refractivity contribution in [1.29, 1.82) is 0 Å². The highest BCUT2D eigenvalue weighted by Crippen LogP contribution is 2.28. The number of halogens is 1. The van der Waals surface area contributed by atoms with Crippen LogP contribution in [0.15, 0.2) is 83.3 Å². The van der Waals surface area contributed by atoms with Gasteiger partial charge in [0.1, 0.15) is 0 Å². The fourth-order valence-electron chi connectivity index (χ4n) is 4.48. The van der Waals surface area contributed by atoms with Crippen molar-refractivity contribution in [2.45, 2.75) is 27.7 Å². The molecule has 0 aliphatic carbocycles. The van der Waals surface area contributed by atoms with Crippen molar-refractivity contribution in [2.75, 3.05) is 5.32 Å². The molecule has 5 aromatic rings. The van der Waals surface area contributed by atoms with Gasteiger partial charge in [0.15, 0.2) is 5.13 Å². The number of aryl methyl sites for hydroxylation is 3. The molecule has 6 nitrogen and oxygen atoms in total. The summed E-state index contributed by atoms with van der Waals surface area (Å²) in [5.41, 5.74) is 12.6. The quantitative estimate of drug-likeness (QED) is 0.158. The van der Waals surface area contributed by atoms with E-state index in [1.807, 2.05) is 41.8 Å². The third kappa shape index (κ3) is 5.95. The molecule has 0 spiro atoms. The third-order valence-corrected chi connectivity index (χ3v) is 7.49. The van der Waals surface area contributed by atoms with Crippen molar-refractivity contribution in [3.63, 3.8) is 0 Å². The first-order chi connectivity index (χ1) is 18.8. The Labute approximate surface area is 237 Å². The minimum Gasteiger partial charge on any atom is -0.332 e. The second-order valence-corrected chi connectivity index (χ2v) is 10.7. The fraction of sp³-hybridized carbons (Fsp3) is 0.129. The van der Waals surface area contributed by atoms with E-state index in [-0.39, 0.29) is 5.91 Å². The van der Waals surface area contributed by atoms with Crippen LogP contribution in [0.1, 0.15) is 38.4 Å². The number of hydrogen-bond acceptors (Lipinski definition) is 5. The predicted molar refractivity (Wildman–Crippen MR) is 162 cm³/mol. The molecular weight excluding hydrogens is 526 g/mol. The number of carbonyl (C=O) groups is 1. The van der Waals surface area contributed by atoms with Gasteiger partial charge in [-0.25, -0.2) is 10.4 Å².